The minimum absolute atomic E-state index is 0.0804. The van der Waals surface area contributed by atoms with Crippen LogP contribution in [0.1, 0.15) is 81.8 Å². The summed E-state index contributed by atoms with van der Waals surface area (Å²) in [6, 6.07) is 17.2. The highest BCUT2D eigenvalue weighted by atomic mass is 32.2. The lowest BCUT2D eigenvalue weighted by Gasteiger charge is -2.58. The first-order valence-corrected chi connectivity index (χ1v) is 20.0. The lowest BCUT2D eigenvalue weighted by Crippen LogP contribution is -2.64. The Hall–Kier alpha value is -3.37. The fraction of sp³-hybridized carbons (Fsp3) is 0.600. The molecule has 10 heteroatoms. The van der Waals surface area contributed by atoms with E-state index >= 15 is 0 Å². The molecule has 5 saturated carbocycles. The molecule has 5 aliphatic carbocycles. The Kier molecular flexibility index (Phi) is 12.6. The van der Waals surface area contributed by atoms with Gasteiger partial charge in [-0.1, -0.05) is 92.8 Å². The van der Waals surface area contributed by atoms with E-state index in [9.17, 15) is 19.2 Å². The number of thioether (sulfide) groups is 1. The van der Waals surface area contributed by atoms with Crippen LogP contribution in [0.25, 0.3) is 0 Å². The Morgan fingerprint density at radius 3 is 2.00 bits per heavy atom. The minimum atomic E-state index is -0.868. The standard InChI is InChI=1S/C40H55N5O4S/c41-33(21-26-10-4-1-5-11-26)39(48)44-34(25-50-24-28-14-8-3-9-15-28)40(49)43-23-36(46)45(35(38(42)47)22-27-12-6-2-7-13-27)37-31-17-29-16-30(19-31)20-32(37)18-29/h2-3,6-9,12-15,26,29-35,37H,1,4-5,10-11,16-25,41H2,(H2,42,47)(H,43,49)(H,44,48)/t29?,30?,31?,32?,33-,34+,35-,37?/m0/s1. The first-order valence-electron chi connectivity index (χ1n) is 18.8. The van der Waals surface area contributed by atoms with Gasteiger partial charge in [-0.3, -0.25) is 19.2 Å². The van der Waals surface area contributed by atoms with Crippen LogP contribution in [-0.4, -0.2) is 65.0 Å². The predicted octanol–water partition coefficient (Wildman–Crippen LogP) is 4.57. The van der Waals surface area contributed by atoms with Gasteiger partial charge < -0.3 is 27.0 Å². The molecule has 6 N–H and O–H groups in total. The molecule has 5 fully saturated rings. The summed E-state index contributed by atoms with van der Waals surface area (Å²) in [5, 5.41) is 5.79. The van der Waals surface area contributed by atoms with E-state index in [0.717, 1.165) is 62.5 Å². The number of primary amides is 1. The van der Waals surface area contributed by atoms with Crippen molar-refractivity contribution in [1.82, 2.24) is 15.5 Å². The third kappa shape index (κ3) is 9.29. The lowest BCUT2D eigenvalue weighted by molar-refractivity contribution is -0.153. The highest BCUT2D eigenvalue weighted by Gasteiger charge is 2.52. The van der Waals surface area contributed by atoms with Crippen LogP contribution in [0, 0.1) is 29.6 Å². The van der Waals surface area contributed by atoms with E-state index in [-0.39, 0.29) is 24.4 Å². The first-order chi connectivity index (χ1) is 24.2. The van der Waals surface area contributed by atoms with Crippen LogP contribution in [0.5, 0.6) is 0 Å². The zero-order valence-electron chi connectivity index (χ0n) is 29.2. The van der Waals surface area contributed by atoms with E-state index in [1.165, 1.54) is 12.8 Å². The number of carbonyl (C=O) groups excluding carboxylic acids is 4. The summed E-state index contributed by atoms with van der Waals surface area (Å²) in [6.45, 7) is -0.274. The van der Waals surface area contributed by atoms with Gasteiger partial charge >= 0.3 is 0 Å². The highest BCUT2D eigenvalue weighted by Crippen LogP contribution is 2.55. The molecule has 2 aromatic carbocycles. The van der Waals surface area contributed by atoms with Gasteiger partial charge in [0, 0.05) is 24.0 Å². The van der Waals surface area contributed by atoms with Crippen molar-refractivity contribution in [1.29, 1.82) is 0 Å². The molecule has 0 heterocycles. The summed E-state index contributed by atoms with van der Waals surface area (Å²) in [4.78, 5) is 56.5. The normalized spacial score (nSPS) is 26.1. The van der Waals surface area contributed by atoms with Crippen molar-refractivity contribution in [3.8, 4) is 0 Å². The van der Waals surface area contributed by atoms with Crippen molar-refractivity contribution in [3.63, 3.8) is 0 Å². The summed E-state index contributed by atoms with van der Waals surface area (Å²) < 4.78 is 0. The minimum Gasteiger partial charge on any atom is -0.368 e. The van der Waals surface area contributed by atoms with Crippen LogP contribution in [0.15, 0.2) is 60.7 Å². The van der Waals surface area contributed by atoms with Gasteiger partial charge in [0.2, 0.25) is 23.6 Å². The van der Waals surface area contributed by atoms with Gasteiger partial charge in [-0.2, -0.15) is 11.8 Å². The molecule has 270 valence electrons. The van der Waals surface area contributed by atoms with Crippen LogP contribution in [0.4, 0.5) is 0 Å². The Bertz CT molecular complexity index is 1420. The van der Waals surface area contributed by atoms with E-state index in [1.807, 2.05) is 60.7 Å². The number of carbonyl (C=O) groups is 4. The van der Waals surface area contributed by atoms with Crippen molar-refractivity contribution in [2.75, 3.05) is 12.3 Å². The SMILES string of the molecule is NC(=O)[C@H](Cc1ccccc1)N(C(=O)CNC(=O)[C@@H](CSCc1ccccc1)NC(=O)[C@@H](N)CC1CCCCC1)C1C2CC3CC(C2)CC1C3. The fourth-order valence-corrected chi connectivity index (χ4v) is 10.7. The maximum absolute atomic E-state index is 14.4. The number of amides is 4. The Morgan fingerprint density at radius 1 is 0.800 bits per heavy atom. The van der Waals surface area contributed by atoms with E-state index in [0.29, 0.717) is 53.9 Å². The number of nitrogens with two attached hydrogens (primary N) is 2. The number of rotatable bonds is 16. The van der Waals surface area contributed by atoms with Crippen molar-refractivity contribution >= 4 is 35.4 Å². The van der Waals surface area contributed by atoms with Gasteiger partial charge in [-0.15, -0.1) is 0 Å². The summed E-state index contributed by atoms with van der Waals surface area (Å²) in [7, 11) is 0. The van der Waals surface area contributed by atoms with Crippen LogP contribution < -0.4 is 22.1 Å². The molecular weight excluding hydrogens is 647 g/mol. The molecule has 0 unspecified atom stereocenters. The molecule has 4 amide bonds. The zero-order chi connectivity index (χ0) is 35.0. The van der Waals surface area contributed by atoms with E-state index in [2.05, 4.69) is 10.6 Å². The largest absolute Gasteiger partial charge is 0.368 e. The average Bonchev–Trinajstić information content (AvgIpc) is 3.11. The number of hydrogen-bond acceptors (Lipinski definition) is 6. The summed E-state index contributed by atoms with van der Waals surface area (Å²) in [5.74, 6) is 1.86. The second-order valence-corrected chi connectivity index (χ2v) is 16.5. The monoisotopic (exact) mass is 701 g/mol. The topological polar surface area (TPSA) is 148 Å². The number of hydrogen-bond donors (Lipinski definition) is 4. The third-order valence-corrected chi connectivity index (χ3v) is 12.9. The molecular formula is C40H55N5O4S. The zero-order valence-corrected chi connectivity index (χ0v) is 30.0. The van der Waals surface area contributed by atoms with Gasteiger partial charge in [-0.25, -0.2) is 0 Å². The smallest absolute Gasteiger partial charge is 0.243 e. The van der Waals surface area contributed by atoms with Crippen LogP contribution in [0.2, 0.25) is 0 Å². The molecule has 0 radical (unpaired) electrons. The van der Waals surface area contributed by atoms with Crippen LogP contribution in [-0.2, 0) is 31.4 Å². The van der Waals surface area contributed by atoms with E-state index in [1.54, 1.807) is 16.7 Å². The van der Waals surface area contributed by atoms with Crippen LogP contribution >= 0.6 is 11.8 Å². The molecule has 9 nitrogen and oxygen atoms in total. The average molecular weight is 702 g/mol. The lowest BCUT2D eigenvalue weighted by atomic mass is 9.53. The van der Waals surface area contributed by atoms with Crippen molar-refractivity contribution in [2.24, 2.45) is 41.1 Å². The van der Waals surface area contributed by atoms with Gasteiger partial charge in [0.25, 0.3) is 0 Å². The maximum Gasteiger partial charge on any atom is 0.243 e. The molecule has 4 bridgehead atoms. The van der Waals surface area contributed by atoms with Gasteiger partial charge in [0.1, 0.15) is 12.1 Å². The van der Waals surface area contributed by atoms with Crippen molar-refractivity contribution < 1.29 is 19.2 Å². The van der Waals surface area contributed by atoms with Crippen molar-refractivity contribution in [3.05, 3.63) is 71.8 Å². The molecule has 0 aliphatic heterocycles. The maximum atomic E-state index is 14.4. The van der Waals surface area contributed by atoms with Gasteiger partial charge in [0.05, 0.1) is 12.6 Å². The first kappa shape index (κ1) is 36.4. The number of nitrogens with zero attached hydrogens (tertiary/aromatic N) is 1. The number of nitrogens with one attached hydrogen (secondary N) is 2. The van der Waals surface area contributed by atoms with Crippen molar-refractivity contribution in [2.45, 2.75) is 107 Å². The Balaban J connectivity index is 1.16. The highest BCUT2D eigenvalue weighted by molar-refractivity contribution is 7.98. The number of benzene rings is 2. The Morgan fingerprint density at radius 2 is 1.40 bits per heavy atom. The van der Waals surface area contributed by atoms with Gasteiger partial charge in [0.15, 0.2) is 0 Å². The second-order valence-electron chi connectivity index (χ2n) is 15.5. The van der Waals surface area contributed by atoms with E-state index in [4.69, 9.17) is 11.5 Å². The van der Waals surface area contributed by atoms with E-state index < -0.39 is 29.9 Å². The fourth-order valence-electron chi connectivity index (χ4n) is 9.67. The summed E-state index contributed by atoms with van der Waals surface area (Å²) in [6.07, 6.45) is 12.2. The third-order valence-electron chi connectivity index (χ3n) is 11.8. The molecule has 5 aliphatic rings. The summed E-state index contributed by atoms with van der Waals surface area (Å²) >= 11 is 1.55. The molecule has 0 spiro atoms. The molecule has 3 atom stereocenters. The van der Waals surface area contributed by atoms with Crippen LogP contribution in [0.3, 0.4) is 0 Å². The molecule has 0 saturated heterocycles. The second kappa shape index (κ2) is 17.2. The summed E-state index contributed by atoms with van der Waals surface area (Å²) in [5.41, 5.74) is 14.5. The molecule has 50 heavy (non-hydrogen) atoms. The molecule has 7 rings (SSSR count). The Labute approximate surface area is 301 Å². The quantitative estimate of drug-likeness (QED) is 0.202. The van der Waals surface area contributed by atoms with Gasteiger partial charge in [-0.05, 0) is 79.2 Å². The molecule has 2 aromatic rings. The predicted molar refractivity (Wildman–Crippen MR) is 198 cm³/mol. The molecule has 0 aromatic heterocycles.